The summed E-state index contributed by atoms with van der Waals surface area (Å²) in [5.74, 6) is 1.31. The molecule has 3 aliphatic carbocycles. The first-order valence-corrected chi connectivity index (χ1v) is 14.5. The van der Waals surface area contributed by atoms with Crippen LogP contribution in [0.3, 0.4) is 0 Å². The molecule has 3 rings (SSSR count). The quantitative estimate of drug-likeness (QED) is 0.294. The predicted molar refractivity (Wildman–Crippen MR) is 149 cm³/mol. The smallest absolute Gasteiger partial charge is 0.163 e. The second-order valence-electron chi connectivity index (χ2n) is 13.6. The van der Waals surface area contributed by atoms with Crippen molar-refractivity contribution in [2.24, 2.45) is 23.2 Å². The molecule has 3 saturated carbocycles. The Morgan fingerprint density at radius 3 is 2.49 bits per heavy atom. The van der Waals surface area contributed by atoms with Gasteiger partial charge in [-0.05, 0) is 113 Å². The van der Waals surface area contributed by atoms with Gasteiger partial charge in [-0.15, -0.1) is 0 Å². The van der Waals surface area contributed by atoms with E-state index in [0.29, 0.717) is 37.0 Å². The van der Waals surface area contributed by atoms with Gasteiger partial charge in [0, 0.05) is 12.8 Å². The average molecular weight is 517 g/mol. The molecule has 0 saturated heterocycles. The van der Waals surface area contributed by atoms with Crippen molar-refractivity contribution in [3.8, 4) is 0 Å². The molecule has 0 amide bonds. The molecular formula is C32H52O5. The van der Waals surface area contributed by atoms with E-state index in [2.05, 4.69) is 25.7 Å². The van der Waals surface area contributed by atoms with E-state index in [0.717, 1.165) is 62.5 Å². The molecule has 37 heavy (non-hydrogen) atoms. The van der Waals surface area contributed by atoms with Gasteiger partial charge < -0.3 is 20.4 Å². The maximum atomic E-state index is 12.6. The van der Waals surface area contributed by atoms with E-state index in [1.807, 2.05) is 13.8 Å². The van der Waals surface area contributed by atoms with E-state index < -0.39 is 23.4 Å². The lowest BCUT2D eigenvalue weighted by molar-refractivity contribution is -0.134. The Kier molecular flexibility index (Phi) is 9.70. The SMILES string of the molecule is C=C1/C(=C\C=C2/CCC[C@]3(C)[C@@H]([C@@H](CCCC(C)(C)O)CCC(=O)C(C)(C)O)CC[C@@H]23)C[C@@H](O)C[C@@H]1O. The van der Waals surface area contributed by atoms with E-state index in [1.54, 1.807) is 13.8 Å². The fourth-order valence-electron chi connectivity index (χ4n) is 7.48. The van der Waals surface area contributed by atoms with Gasteiger partial charge in [-0.3, -0.25) is 4.79 Å². The highest BCUT2D eigenvalue weighted by Crippen LogP contribution is 2.60. The highest BCUT2D eigenvalue weighted by molar-refractivity contribution is 5.86. The van der Waals surface area contributed by atoms with E-state index in [1.165, 1.54) is 12.0 Å². The van der Waals surface area contributed by atoms with Crippen molar-refractivity contribution in [1.29, 1.82) is 0 Å². The number of hydrogen-bond acceptors (Lipinski definition) is 5. The van der Waals surface area contributed by atoms with Crippen LogP contribution in [0.1, 0.15) is 112 Å². The van der Waals surface area contributed by atoms with Crippen LogP contribution in [0.2, 0.25) is 0 Å². The Hall–Kier alpha value is -1.27. The lowest BCUT2D eigenvalue weighted by Gasteiger charge is -2.45. The molecule has 0 radical (unpaired) electrons. The molecule has 4 N–H and O–H groups in total. The third-order valence-corrected chi connectivity index (χ3v) is 9.66. The van der Waals surface area contributed by atoms with Gasteiger partial charge in [-0.2, -0.15) is 0 Å². The molecule has 0 aromatic carbocycles. The Balaban J connectivity index is 1.79. The number of ketones is 1. The monoisotopic (exact) mass is 516 g/mol. The first kappa shape index (κ1) is 30.3. The van der Waals surface area contributed by atoms with Crippen LogP contribution in [-0.2, 0) is 4.79 Å². The van der Waals surface area contributed by atoms with Crippen molar-refractivity contribution in [3.05, 3.63) is 35.5 Å². The molecule has 0 bridgehead atoms. The van der Waals surface area contributed by atoms with Crippen molar-refractivity contribution in [2.75, 3.05) is 0 Å². The number of aliphatic hydroxyl groups is 4. The van der Waals surface area contributed by atoms with Crippen LogP contribution in [0.4, 0.5) is 0 Å². The van der Waals surface area contributed by atoms with Gasteiger partial charge in [0.05, 0.1) is 17.8 Å². The molecule has 5 heteroatoms. The second kappa shape index (κ2) is 11.9. The van der Waals surface area contributed by atoms with Gasteiger partial charge in [-0.1, -0.05) is 44.1 Å². The molecular weight excluding hydrogens is 464 g/mol. The van der Waals surface area contributed by atoms with Crippen LogP contribution < -0.4 is 0 Å². The van der Waals surface area contributed by atoms with Gasteiger partial charge in [0.2, 0.25) is 0 Å². The van der Waals surface area contributed by atoms with Crippen molar-refractivity contribution in [1.82, 2.24) is 0 Å². The van der Waals surface area contributed by atoms with Crippen LogP contribution >= 0.6 is 0 Å². The molecule has 0 spiro atoms. The third-order valence-electron chi connectivity index (χ3n) is 9.66. The summed E-state index contributed by atoms with van der Waals surface area (Å²) in [6, 6.07) is 0. The number of hydrogen-bond donors (Lipinski definition) is 4. The second-order valence-corrected chi connectivity index (χ2v) is 13.6. The Morgan fingerprint density at radius 1 is 1.14 bits per heavy atom. The number of rotatable bonds is 10. The number of aliphatic hydroxyl groups excluding tert-OH is 2. The number of fused-ring (bicyclic) bond motifs is 1. The molecule has 210 valence electrons. The van der Waals surface area contributed by atoms with E-state index in [-0.39, 0.29) is 11.2 Å². The van der Waals surface area contributed by atoms with Crippen molar-refractivity contribution < 1.29 is 25.2 Å². The number of carbonyl (C=O) groups excluding carboxylic acids is 1. The first-order chi connectivity index (χ1) is 17.1. The number of carbonyl (C=O) groups is 1. The Labute approximate surface area is 224 Å². The zero-order chi connectivity index (χ0) is 27.6. The summed E-state index contributed by atoms with van der Waals surface area (Å²) >= 11 is 0. The molecule has 0 heterocycles. The van der Waals surface area contributed by atoms with Gasteiger partial charge >= 0.3 is 0 Å². The highest BCUT2D eigenvalue weighted by atomic mass is 16.3. The number of allylic oxidation sites excluding steroid dienone is 3. The van der Waals surface area contributed by atoms with Crippen LogP contribution in [0.15, 0.2) is 35.5 Å². The summed E-state index contributed by atoms with van der Waals surface area (Å²) in [4.78, 5) is 12.6. The fraction of sp³-hybridized carbons (Fsp3) is 0.781. The van der Waals surface area contributed by atoms with Gasteiger partial charge in [0.25, 0.3) is 0 Å². The molecule has 0 unspecified atom stereocenters. The van der Waals surface area contributed by atoms with Gasteiger partial charge in [-0.25, -0.2) is 0 Å². The maximum Gasteiger partial charge on any atom is 0.163 e. The van der Waals surface area contributed by atoms with E-state index in [9.17, 15) is 25.2 Å². The summed E-state index contributed by atoms with van der Waals surface area (Å²) in [6.07, 6.45) is 13.6. The molecule has 0 aliphatic heterocycles. The summed E-state index contributed by atoms with van der Waals surface area (Å²) in [5, 5.41) is 40.8. The summed E-state index contributed by atoms with van der Waals surface area (Å²) in [6.45, 7) is 13.4. The van der Waals surface area contributed by atoms with Crippen LogP contribution in [0.5, 0.6) is 0 Å². The van der Waals surface area contributed by atoms with Gasteiger partial charge in [0.1, 0.15) is 5.60 Å². The molecule has 3 fully saturated rings. The van der Waals surface area contributed by atoms with Gasteiger partial charge in [0.15, 0.2) is 5.78 Å². The highest BCUT2D eigenvalue weighted by Gasteiger charge is 2.51. The Morgan fingerprint density at radius 2 is 1.84 bits per heavy atom. The minimum absolute atomic E-state index is 0.0902. The zero-order valence-electron chi connectivity index (χ0n) is 23.9. The number of Topliss-reactive ketones (excluding diaryl/α,β-unsaturated/α-hetero) is 1. The fourth-order valence-corrected chi connectivity index (χ4v) is 7.48. The molecule has 0 aromatic rings. The Bertz CT molecular complexity index is 886. The van der Waals surface area contributed by atoms with Crippen molar-refractivity contribution in [3.63, 3.8) is 0 Å². The zero-order valence-corrected chi connectivity index (χ0v) is 23.9. The topological polar surface area (TPSA) is 98.0 Å². The summed E-state index contributed by atoms with van der Waals surface area (Å²) in [7, 11) is 0. The lowest BCUT2D eigenvalue weighted by Crippen LogP contribution is -2.37. The normalized spacial score (nSPS) is 34.1. The summed E-state index contributed by atoms with van der Waals surface area (Å²) < 4.78 is 0. The molecule has 0 aromatic heterocycles. The van der Waals surface area contributed by atoms with Crippen LogP contribution in [0, 0.1) is 23.2 Å². The maximum absolute atomic E-state index is 12.6. The molecule has 3 aliphatic rings. The summed E-state index contributed by atoms with van der Waals surface area (Å²) in [5.41, 5.74) is 1.34. The first-order valence-electron chi connectivity index (χ1n) is 14.5. The largest absolute Gasteiger partial charge is 0.393 e. The minimum atomic E-state index is -1.29. The lowest BCUT2D eigenvalue weighted by atomic mass is 9.60. The molecule has 5 nitrogen and oxygen atoms in total. The average Bonchev–Trinajstić information content (AvgIpc) is 3.13. The predicted octanol–water partition coefficient (Wildman–Crippen LogP) is 5.81. The van der Waals surface area contributed by atoms with Crippen molar-refractivity contribution >= 4 is 5.78 Å². The minimum Gasteiger partial charge on any atom is -0.393 e. The van der Waals surface area contributed by atoms with Crippen molar-refractivity contribution in [2.45, 2.75) is 135 Å². The standard InChI is InChI=1S/C32H52O5/c1-21-24(19-25(33)20-28(21)34)12-11-22-10-8-18-32(6)26(22)14-15-27(32)23(9-7-17-30(2,3)36)13-16-29(35)31(4,5)37/h11-12,23,25-28,33-34,36-37H,1,7-10,13-20H2,2-6H3/b22-11+,24-12-/t23-,25+,26-,27+,28-,32-/m0/s1. The molecule has 6 atom stereocenters. The van der Waals surface area contributed by atoms with Crippen LogP contribution in [0.25, 0.3) is 0 Å². The van der Waals surface area contributed by atoms with Crippen LogP contribution in [-0.4, -0.2) is 49.6 Å². The van der Waals surface area contributed by atoms with E-state index in [4.69, 9.17) is 0 Å². The third kappa shape index (κ3) is 7.65. The van der Waals surface area contributed by atoms with E-state index >= 15 is 0 Å².